The van der Waals surface area contributed by atoms with Crippen LogP contribution in [-0.2, 0) is 6.42 Å². The number of carbonyl (C=O) groups excluding carboxylic acids is 1. The lowest BCUT2D eigenvalue weighted by Crippen LogP contribution is -2.00. The highest BCUT2D eigenvalue weighted by molar-refractivity contribution is 7.14. The van der Waals surface area contributed by atoms with Gasteiger partial charge in [-0.25, -0.2) is 0 Å². The Morgan fingerprint density at radius 2 is 1.57 bits per heavy atom. The lowest BCUT2D eigenvalue weighted by atomic mass is 10.0. The van der Waals surface area contributed by atoms with Crippen LogP contribution < -0.4 is 0 Å². The first-order valence-electron chi connectivity index (χ1n) is 8.84. The summed E-state index contributed by atoms with van der Waals surface area (Å²) in [4.78, 5) is 14.2. The summed E-state index contributed by atoms with van der Waals surface area (Å²) in [5.74, 6) is 6.27. The molecule has 4 rings (SSSR count). The number of fused-ring (bicyclic) bond motifs is 1. The number of benzene rings is 3. The molecule has 3 aromatic carbocycles. The highest BCUT2D eigenvalue weighted by Crippen LogP contribution is 2.20. The molecule has 0 unspecified atom stereocenters. The predicted molar refractivity (Wildman–Crippen MR) is 113 cm³/mol. The van der Waals surface area contributed by atoms with E-state index in [1.807, 2.05) is 42.5 Å². The van der Waals surface area contributed by atoms with Gasteiger partial charge < -0.3 is 0 Å². The minimum absolute atomic E-state index is 0.103. The molecule has 0 saturated heterocycles. The molecule has 0 saturated carbocycles. The van der Waals surface area contributed by atoms with Gasteiger partial charge in [0.15, 0.2) is 5.78 Å². The normalized spacial score (nSPS) is 10.1. The van der Waals surface area contributed by atoms with Gasteiger partial charge in [-0.3, -0.25) is 4.79 Å². The zero-order valence-corrected chi connectivity index (χ0v) is 15.8. The van der Waals surface area contributed by atoms with E-state index < -0.39 is 0 Å². The fourth-order valence-corrected chi connectivity index (χ4v) is 3.74. The molecule has 0 radical (unpaired) electrons. The maximum absolute atomic E-state index is 12.6. The van der Waals surface area contributed by atoms with Crippen LogP contribution >= 0.6 is 11.3 Å². The van der Waals surface area contributed by atoms with Crippen molar-refractivity contribution in [1.82, 2.24) is 0 Å². The Labute approximate surface area is 167 Å². The molecule has 0 aliphatic rings. The van der Waals surface area contributed by atoms with Crippen molar-refractivity contribution in [2.24, 2.45) is 0 Å². The molecule has 3 heteroatoms. The largest absolute Gasteiger partial charge is 0.293 e. The third-order valence-electron chi connectivity index (χ3n) is 4.40. The van der Waals surface area contributed by atoms with E-state index >= 15 is 0 Å². The summed E-state index contributed by atoms with van der Waals surface area (Å²) in [5, 5.41) is 11.2. The summed E-state index contributed by atoms with van der Waals surface area (Å²) in [7, 11) is 0. The number of ketones is 1. The highest BCUT2D eigenvalue weighted by Gasteiger charge is 2.10. The number of carbonyl (C=O) groups is 1. The van der Waals surface area contributed by atoms with E-state index in [0.717, 1.165) is 26.3 Å². The van der Waals surface area contributed by atoms with Crippen molar-refractivity contribution >= 4 is 27.9 Å². The lowest BCUT2D eigenvalue weighted by molar-refractivity contribution is 0.0997. The number of thiophene rings is 1. The Morgan fingerprint density at radius 3 is 2.36 bits per heavy atom. The molecule has 0 bridgehead atoms. The average molecular weight is 377 g/mol. The zero-order chi connectivity index (χ0) is 19.3. The standard InChI is InChI=1S/C25H15NOS/c26-17-19-7-5-18(6-8-19)10-12-23-13-14-25(28-23)24(27)16-20-9-11-21-3-1-2-4-22(21)15-20/h1-9,11,13-15H,16H2. The van der Waals surface area contributed by atoms with Gasteiger partial charge in [-0.15, -0.1) is 11.3 Å². The van der Waals surface area contributed by atoms with E-state index in [1.165, 1.54) is 16.7 Å². The quantitative estimate of drug-likeness (QED) is 0.344. The molecule has 132 valence electrons. The fourth-order valence-electron chi connectivity index (χ4n) is 2.94. The molecule has 1 heterocycles. The van der Waals surface area contributed by atoms with Crippen LogP contribution in [0.3, 0.4) is 0 Å². The molecule has 0 amide bonds. The second kappa shape index (κ2) is 7.92. The maximum atomic E-state index is 12.6. The summed E-state index contributed by atoms with van der Waals surface area (Å²) >= 11 is 1.42. The van der Waals surface area contributed by atoms with Gasteiger partial charge in [-0.05, 0) is 52.7 Å². The fraction of sp³-hybridized carbons (Fsp3) is 0.0400. The van der Waals surface area contributed by atoms with Crippen molar-refractivity contribution in [3.05, 3.63) is 105 Å². The molecule has 0 aliphatic heterocycles. The minimum atomic E-state index is 0.103. The summed E-state index contributed by atoms with van der Waals surface area (Å²) in [6, 6.07) is 27.3. The molecule has 0 spiro atoms. The number of hydrogen-bond donors (Lipinski definition) is 0. The second-order valence-electron chi connectivity index (χ2n) is 6.38. The monoisotopic (exact) mass is 377 g/mol. The van der Waals surface area contributed by atoms with E-state index in [4.69, 9.17) is 5.26 Å². The van der Waals surface area contributed by atoms with Gasteiger partial charge in [0, 0.05) is 12.0 Å². The van der Waals surface area contributed by atoms with Gasteiger partial charge in [0.1, 0.15) is 0 Å². The molecule has 0 fully saturated rings. The first kappa shape index (κ1) is 17.7. The number of nitrogens with zero attached hydrogens (tertiary/aromatic N) is 1. The van der Waals surface area contributed by atoms with Crippen LogP contribution in [-0.4, -0.2) is 5.78 Å². The van der Waals surface area contributed by atoms with Crippen molar-refractivity contribution in [1.29, 1.82) is 5.26 Å². The smallest absolute Gasteiger partial charge is 0.177 e. The van der Waals surface area contributed by atoms with Crippen LogP contribution in [0.2, 0.25) is 0 Å². The Morgan fingerprint density at radius 1 is 0.821 bits per heavy atom. The Bertz CT molecular complexity index is 1260. The van der Waals surface area contributed by atoms with Crippen LogP contribution in [0.25, 0.3) is 10.8 Å². The molecule has 28 heavy (non-hydrogen) atoms. The molecule has 0 atom stereocenters. The molecule has 4 aromatic rings. The van der Waals surface area contributed by atoms with Crippen molar-refractivity contribution in [3.8, 4) is 17.9 Å². The summed E-state index contributed by atoms with van der Waals surface area (Å²) in [6.07, 6.45) is 0.383. The second-order valence-corrected chi connectivity index (χ2v) is 7.47. The number of hydrogen-bond acceptors (Lipinski definition) is 3. The first-order chi connectivity index (χ1) is 13.7. The minimum Gasteiger partial charge on any atom is -0.293 e. The topological polar surface area (TPSA) is 40.9 Å². The van der Waals surface area contributed by atoms with Gasteiger partial charge in [0.05, 0.1) is 21.4 Å². The van der Waals surface area contributed by atoms with Crippen LogP contribution in [0.15, 0.2) is 78.9 Å². The Kier molecular flexibility index (Phi) is 5.02. The Balaban J connectivity index is 1.48. The van der Waals surface area contributed by atoms with Gasteiger partial charge in [-0.2, -0.15) is 5.26 Å². The Hall–Kier alpha value is -3.66. The van der Waals surface area contributed by atoms with Gasteiger partial charge in [0.25, 0.3) is 0 Å². The van der Waals surface area contributed by atoms with Gasteiger partial charge >= 0.3 is 0 Å². The third-order valence-corrected chi connectivity index (χ3v) is 5.45. The zero-order valence-electron chi connectivity index (χ0n) is 15.0. The van der Waals surface area contributed by atoms with Crippen LogP contribution in [0.1, 0.15) is 31.2 Å². The molecule has 0 N–H and O–H groups in total. The average Bonchev–Trinajstić information content (AvgIpc) is 3.22. The molecular formula is C25H15NOS. The SMILES string of the molecule is N#Cc1ccc(C#Cc2ccc(C(=O)Cc3ccc4ccccc4c3)s2)cc1. The molecule has 0 aliphatic carbocycles. The van der Waals surface area contributed by atoms with Crippen molar-refractivity contribution in [2.45, 2.75) is 6.42 Å². The van der Waals surface area contributed by atoms with E-state index in [9.17, 15) is 4.79 Å². The number of rotatable bonds is 3. The number of nitriles is 1. The van der Waals surface area contributed by atoms with Gasteiger partial charge in [0.2, 0.25) is 0 Å². The van der Waals surface area contributed by atoms with Crippen molar-refractivity contribution < 1.29 is 4.79 Å². The predicted octanol–water partition coefficient (Wildman–Crippen LogP) is 5.60. The van der Waals surface area contributed by atoms with E-state index in [1.54, 1.807) is 12.1 Å². The summed E-state index contributed by atoms with van der Waals surface area (Å²) in [5.41, 5.74) is 2.47. The third kappa shape index (κ3) is 4.01. The van der Waals surface area contributed by atoms with Crippen molar-refractivity contribution in [2.75, 3.05) is 0 Å². The van der Waals surface area contributed by atoms with Crippen LogP contribution in [0.4, 0.5) is 0 Å². The molecular weight excluding hydrogens is 362 g/mol. The van der Waals surface area contributed by atoms with Crippen LogP contribution in [0.5, 0.6) is 0 Å². The van der Waals surface area contributed by atoms with E-state index in [-0.39, 0.29) is 5.78 Å². The van der Waals surface area contributed by atoms with Crippen molar-refractivity contribution in [3.63, 3.8) is 0 Å². The molecule has 1 aromatic heterocycles. The summed E-state index contributed by atoms with van der Waals surface area (Å²) in [6.45, 7) is 0. The molecule has 2 nitrogen and oxygen atoms in total. The maximum Gasteiger partial charge on any atom is 0.177 e. The van der Waals surface area contributed by atoms with Crippen LogP contribution in [0, 0.1) is 23.2 Å². The van der Waals surface area contributed by atoms with Gasteiger partial charge in [-0.1, -0.05) is 54.3 Å². The van der Waals surface area contributed by atoms with E-state index in [0.29, 0.717) is 12.0 Å². The lowest BCUT2D eigenvalue weighted by Gasteiger charge is -2.02. The highest BCUT2D eigenvalue weighted by atomic mass is 32.1. The first-order valence-corrected chi connectivity index (χ1v) is 9.66. The number of Topliss-reactive ketones (excluding diaryl/α,β-unsaturated/α-hetero) is 1. The van der Waals surface area contributed by atoms with E-state index in [2.05, 4.69) is 42.2 Å². The summed E-state index contributed by atoms with van der Waals surface area (Å²) < 4.78 is 0.